The second-order valence-electron chi connectivity index (χ2n) is 7.53. The van der Waals surface area contributed by atoms with E-state index in [1.54, 1.807) is 6.07 Å². The molecule has 0 saturated heterocycles. The predicted molar refractivity (Wildman–Crippen MR) is 122 cm³/mol. The number of halogens is 3. The number of hydrogen-bond donors (Lipinski definition) is 1. The number of aryl methyl sites for hydroxylation is 1. The van der Waals surface area contributed by atoms with Crippen molar-refractivity contribution >= 4 is 17.4 Å². The molecule has 0 bridgehead atoms. The average Bonchev–Trinajstić information content (AvgIpc) is 2.86. The van der Waals surface area contributed by atoms with Crippen molar-refractivity contribution in [3.05, 3.63) is 93.2 Å². The summed E-state index contributed by atoms with van der Waals surface area (Å²) in [4.78, 5) is 37.8. The minimum atomic E-state index is -1.15. The lowest BCUT2D eigenvalue weighted by molar-refractivity contribution is -0.118. The minimum absolute atomic E-state index is 0.0160. The van der Waals surface area contributed by atoms with Gasteiger partial charge in [-0.2, -0.15) is 5.26 Å². The number of benzene rings is 2. The van der Waals surface area contributed by atoms with Gasteiger partial charge in [0.05, 0.1) is 5.56 Å². The Balaban J connectivity index is 1.83. The van der Waals surface area contributed by atoms with Crippen LogP contribution in [0.3, 0.4) is 0 Å². The number of anilines is 1. The maximum absolute atomic E-state index is 14.0. The van der Waals surface area contributed by atoms with E-state index in [9.17, 15) is 32.8 Å². The largest absolute Gasteiger partial charge is 0.483 e. The van der Waals surface area contributed by atoms with Crippen LogP contribution in [0.2, 0.25) is 0 Å². The van der Waals surface area contributed by atoms with Gasteiger partial charge in [-0.25, -0.2) is 13.2 Å². The molecule has 3 rings (SSSR count). The van der Waals surface area contributed by atoms with Crippen LogP contribution in [0.15, 0.2) is 53.5 Å². The lowest BCUT2D eigenvalue weighted by atomic mass is 10.0. The molecule has 0 fully saturated rings. The number of nitrogens with one attached hydrogen (secondary N) is 1. The fourth-order valence-electron chi connectivity index (χ4n) is 3.26. The third-order valence-corrected chi connectivity index (χ3v) is 4.96. The first-order chi connectivity index (χ1) is 17.2. The molecule has 0 aliphatic carbocycles. The van der Waals surface area contributed by atoms with Gasteiger partial charge in [-0.05, 0) is 42.8 Å². The summed E-state index contributed by atoms with van der Waals surface area (Å²) in [6.07, 6.45) is 1.70. The number of carbonyl (C=O) groups is 2. The Morgan fingerprint density at radius 3 is 2.56 bits per heavy atom. The quantitative estimate of drug-likeness (QED) is 0.338. The molecular weight excluding hydrogens is 479 g/mol. The molecule has 1 amide bonds. The average molecular weight is 499 g/mol. The van der Waals surface area contributed by atoms with Gasteiger partial charge in [0.2, 0.25) is 0 Å². The molecule has 186 valence electrons. The number of rotatable bonds is 10. The number of aromatic nitrogens is 1. The Labute approximate surface area is 203 Å². The van der Waals surface area contributed by atoms with Gasteiger partial charge in [0.15, 0.2) is 24.0 Å². The highest BCUT2D eigenvalue weighted by Crippen LogP contribution is 2.23. The molecule has 0 radical (unpaired) electrons. The molecule has 1 N–H and O–H groups in total. The van der Waals surface area contributed by atoms with E-state index in [1.165, 1.54) is 17.9 Å². The van der Waals surface area contributed by atoms with Crippen LogP contribution < -0.4 is 15.6 Å². The van der Waals surface area contributed by atoms with Gasteiger partial charge >= 0.3 is 0 Å². The van der Waals surface area contributed by atoms with Gasteiger partial charge in [0.1, 0.15) is 23.2 Å². The van der Waals surface area contributed by atoms with E-state index < -0.39 is 41.3 Å². The van der Waals surface area contributed by atoms with Gasteiger partial charge in [-0.3, -0.25) is 14.4 Å². The summed E-state index contributed by atoms with van der Waals surface area (Å²) in [5.41, 5.74) is -1.19. The highest BCUT2D eigenvalue weighted by Gasteiger charge is 2.20. The highest BCUT2D eigenvalue weighted by atomic mass is 19.2. The van der Waals surface area contributed by atoms with Crippen LogP contribution in [0, 0.1) is 28.8 Å². The summed E-state index contributed by atoms with van der Waals surface area (Å²) in [5, 5.41) is 11.6. The van der Waals surface area contributed by atoms with Crippen LogP contribution in [0.4, 0.5) is 18.9 Å². The zero-order chi connectivity index (χ0) is 26.2. The number of ketones is 1. The molecule has 0 unspecified atom stereocenters. The first kappa shape index (κ1) is 26.2. The molecule has 2 aromatic carbocycles. The van der Waals surface area contributed by atoms with Crippen LogP contribution >= 0.6 is 0 Å². The number of ether oxygens (including phenoxy) is 2. The van der Waals surface area contributed by atoms with E-state index in [-0.39, 0.29) is 34.7 Å². The second kappa shape index (κ2) is 11.8. The van der Waals surface area contributed by atoms with Crippen molar-refractivity contribution in [1.82, 2.24) is 4.57 Å². The summed E-state index contributed by atoms with van der Waals surface area (Å²) in [6.45, 7) is -0.106. The van der Waals surface area contributed by atoms with Crippen molar-refractivity contribution in [3.8, 4) is 11.8 Å². The summed E-state index contributed by atoms with van der Waals surface area (Å²) in [7, 11) is 1.49. The van der Waals surface area contributed by atoms with E-state index in [4.69, 9.17) is 9.47 Å². The van der Waals surface area contributed by atoms with E-state index >= 15 is 0 Å². The molecule has 0 spiro atoms. The molecule has 3 aromatic rings. The van der Waals surface area contributed by atoms with E-state index in [2.05, 4.69) is 5.32 Å². The maximum Gasteiger partial charge on any atom is 0.268 e. The van der Waals surface area contributed by atoms with Gasteiger partial charge in [0.25, 0.3) is 11.5 Å². The molecule has 0 aliphatic heterocycles. The third kappa shape index (κ3) is 6.37. The Morgan fingerprint density at radius 2 is 1.86 bits per heavy atom. The number of nitriles is 1. The maximum atomic E-state index is 14.0. The first-order valence-electron chi connectivity index (χ1n) is 10.6. The lowest BCUT2D eigenvalue weighted by Crippen LogP contribution is -2.25. The Bertz CT molecular complexity index is 1400. The van der Waals surface area contributed by atoms with Crippen LogP contribution in [-0.4, -0.2) is 36.6 Å². The number of amides is 1. The summed E-state index contributed by atoms with van der Waals surface area (Å²) < 4.78 is 51.9. The van der Waals surface area contributed by atoms with E-state index in [1.807, 2.05) is 0 Å². The van der Waals surface area contributed by atoms with Gasteiger partial charge in [-0.1, -0.05) is 0 Å². The number of carbonyl (C=O) groups excluding carboxylic acids is 2. The van der Waals surface area contributed by atoms with Crippen molar-refractivity contribution in [3.63, 3.8) is 0 Å². The topological polar surface area (TPSA) is 110 Å². The second-order valence-corrected chi connectivity index (χ2v) is 7.53. The molecule has 8 nitrogen and oxygen atoms in total. The fraction of sp³-hybridized carbons (Fsp3) is 0.200. The van der Waals surface area contributed by atoms with Crippen molar-refractivity contribution in [2.75, 3.05) is 25.6 Å². The molecule has 0 saturated carbocycles. The highest BCUT2D eigenvalue weighted by molar-refractivity contribution is 6.10. The summed E-state index contributed by atoms with van der Waals surface area (Å²) in [5.74, 6) is -4.63. The zero-order valence-electron chi connectivity index (χ0n) is 19.0. The molecule has 36 heavy (non-hydrogen) atoms. The van der Waals surface area contributed by atoms with Crippen LogP contribution in [0.1, 0.15) is 27.9 Å². The van der Waals surface area contributed by atoms with Crippen molar-refractivity contribution in [1.29, 1.82) is 5.26 Å². The number of hydrogen-bond acceptors (Lipinski definition) is 6. The van der Waals surface area contributed by atoms with Gasteiger partial charge in [-0.15, -0.1) is 0 Å². The van der Waals surface area contributed by atoms with Crippen LogP contribution in [0.5, 0.6) is 5.75 Å². The monoisotopic (exact) mass is 499 g/mol. The normalized spacial score (nSPS) is 10.5. The molecule has 0 aliphatic rings. The molecule has 1 aromatic heterocycles. The Kier molecular flexibility index (Phi) is 8.59. The summed E-state index contributed by atoms with van der Waals surface area (Å²) in [6, 6.07) is 8.69. The van der Waals surface area contributed by atoms with E-state index in [0.29, 0.717) is 13.0 Å². The Morgan fingerprint density at radius 1 is 1.08 bits per heavy atom. The molecule has 1 heterocycles. The van der Waals surface area contributed by atoms with Gasteiger partial charge in [0, 0.05) is 43.8 Å². The van der Waals surface area contributed by atoms with Gasteiger partial charge < -0.3 is 19.4 Å². The number of nitrogens with zero attached hydrogens (tertiary/aromatic N) is 2. The standard InChI is InChI=1S/C25H20F3N3O5/c1-35-8-2-7-31-13-16(9-15(12-29)25(31)34)24(33)19-10-17(26)3-6-22(19)36-14-23(32)30-18-4-5-20(27)21(28)11-18/h3-6,9-11,13H,2,7-8,14H2,1H3,(H,30,32). The molecule has 0 atom stereocenters. The Hall–Kier alpha value is -4.43. The van der Waals surface area contributed by atoms with Crippen molar-refractivity contribution < 1.29 is 32.2 Å². The lowest BCUT2D eigenvalue weighted by Gasteiger charge is -2.13. The van der Waals surface area contributed by atoms with Crippen LogP contribution in [-0.2, 0) is 16.1 Å². The number of methoxy groups -OCH3 is 1. The number of pyridine rings is 1. The third-order valence-electron chi connectivity index (χ3n) is 4.96. The smallest absolute Gasteiger partial charge is 0.268 e. The van der Waals surface area contributed by atoms with Crippen molar-refractivity contribution in [2.45, 2.75) is 13.0 Å². The van der Waals surface area contributed by atoms with Crippen LogP contribution in [0.25, 0.3) is 0 Å². The van der Waals surface area contributed by atoms with Crippen molar-refractivity contribution in [2.24, 2.45) is 0 Å². The minimum Gasteiger partial charge on any atom is -0.483 e. The fourth-order valence-corrected chi connectivity index (χ4v) is 3.26. The first-order valence-corrected chi connectivity index (χ1v) is 10.6. The molecule has 11 heteroatoms. The molecular formula is C25H20F3N3O5. The predicted octanol–water partition coefficient (Wildman–Crippen LogP) is 3.42. The summed E-state index contributed by atoms with van der Waals surface area (Å²) >= 11 is 0. The van der Waals surface area contributed by atoms with E-state index in [0.717, 1.165) is 42.5 Å². The SMILES string of the molecule is COCCCn1cc(C(=O)c2cc(F)ccc2OCC(=O)Nc2ccc(F)c(F)c2)cc(C#N)c1=O. The zero-order valence-corrected chi connectivity index (χ0v) is 19.0.